The van der Waals surface area contributed by atoms with Crippen molar-refractivity contribution in [3.8, 4) is 0 Å². The van der Waals surface area contributed by atoms with Gasteiger partial charge in [-0.3, -0.25) is 4.90 Å². The second kappa shape index (κ2) is 6.45. The number of para-hydroxylation sites is 1. The molecule has 2 bridgehead atoms. The van der Waals surface area contributed by atoms with Crippen LogP contribution in [-0.4, -0.2) is 43.8 Å². The van der Waals surface area contributed by atoms with E-state index in [0.29, 0.717) is 18.1 Å². The summed E-state index contributed by atoms with van der Waals surface area (Å²) in [6.07, 6.45) is 5.58. The number of hydrogen-bond acceptors (Lipinski definition) is 3. The van der Waals surface area contributed by atoms with Gasteiger partial charge in [-0.1, -0.05) is 31.5 Å². The zero-order chi connectivity index (χ0) is 15.8. The van der Waals surface area contributed by atoms with E-state index in [1.54, 1.807) is 0 Å². The number of anilines is 1. The van der Waals surface area contributed by atoms with Crippen LogP contribution >= 0.6 is 0 Å². The van der Waals surface area contributed by atoms with Gasteiger partial charge in [0.15, 0.2) is 0 Å². The predicted molar refractivity (Wildman–Crippen MR) is 95.0 cm³/mol. The monoisotopic (exact) mass is 314 g/mol. The Kier molecular flexibility index (Phi) is 4.33. The molecule has 3 fully saturated rings. The van der Waals surface area contributed by atoms with E-state index in [1.807, 2.05) is 7.11 Å². The van der Waals surface area contributed by atoms with Gasteiger partial charge in [-0.15, -0.1) is 0 Å². The Hall–Kier alpha value is -1.06. The summed E-state index contributed by atoms with van der Waals surface area (Å²) in [6, 6.07) is 9.43. The Labute approximate surface area is 140 Å². The number of piperidine rings is 3. The molecule has 6 atom stereocenters. The van der Waals surface area contributed by atoms with Gasteiger partial charge in [0.2, 0.25) is 0 Å². The maximum absolute atomic E-state index is 6.14. The fraction of sp³-hybridized carbons (Fsp3) is 0.700. The molecular formula is C20H30N2O. The Balaban J connectivity index is 1.59. The Morgan fingerprint density at radius 2 is 2.17 bits per heavy atom. The van der Waals surface area contributed by atoms with Gasteiger partial charge in [0.1, 0.15) is 0 Å². The van der Waals surface area contributed by atoms with Gasteiger partial charge in [0.25, 0.3) is 0 Å². The van der Waals surface area contributed by atoms with E-state index in [1.165, 1.54) is 50.0 Å². The number of benzene rings is 1. The molecule has 0 aromatic heterocycles. The van der Waals surface area contributed by atoms with Crippen molar-refractivity contribution in [2.45, 2.75) is 50.7 Å². The SMILES string of the molecule is CC[C@H]1CN2CC[C@H]1C[C@@H]2[C@H](OC)C1CCNc2ccccc21. The molecule has 3 nitrogen and oxygen atoms in total. The van der Waals surface area contributed by atoms with Crippen molar-refractivity contribution in [2.75, 3.05) is 32.1 Å². The van der Waals surface area contributed by atoms with Gasteiger partial charge in [-0.25, -0.2) is 0 Å². The highest BCUT2D eigenvalue weighted by Crippen LogP contribution is 2.44. The molecule has 0 spiro atoms. The summed E-state index contributed by atoms with van der Waals surface area (Å²) in [5, 5.41) is 3.56. The second-order valence-electron chi connectivity index (χ2n) is 7.62. The Morgan fingerprint density at radius 3 is 2.91 bits per heavy atom. The van der Waals surface area contributed by atoms with Crippen molar-refractivity contribution in [2.24, 2.45) is 11.8 Å². The van der Waals surface area contributed by atoms with E-state index in [9.17, 15) is 0 Å². The molecular weight excluding hydrogens is 284 g/mol. The zero-order valence-electron chi connectivity index (χ0n) is 14.5. The summed E-state index contributed by atoms with van der Waals surface area (Å²) < 4.78 is 6.14. The lowest BCUT2D eigenvalue weighted by atomic mass is 9.70. The van der Waals surface area contributed by atoms with E-state index < -0.39 is 0 Å². The van der Waals surface area contributed by atoms with Gasteiger partial charge < -0.3 is 10.1 Å². The number of methoxy groups -OCH3 is 1. The molecule has 23 heavy (non-hydrogen) atoms. The molecule has 4 heterocycles. The number of hydrogen-bond donors (Lipinski definition) is 1. The van der Waals surface area contributed by atoms with Crippen LogP contribution in [-0.2, 0) is 4.74 Å². The second-order valence-corrected chi connectivity index (χ2v) is 7.62. The van der Waals surface area contributed by atoms with Crippen molar-refractivity contribution < 1.29 is 4.74 Å². The van der Waals surface area contributed by atoms with Crippen molar-refractivity contribution in [1.29, 1.82) is 0 Å². The summed E-state index contributed by atoms with van der Waals surface area (Å²) in [5.74, 6) is 2.37. The molecule has 0 radical (unpaired) electrons. The van der Waals surface area contributed by atoms with Crippen LogP contribution in [0.15, 0.2) is 24.3 Å². The van der Waals surface area contributed by atoms with Crippen LogP contribution in [0.1, 0.15) is 44.1 Å². The topological polar surface area (TPSA) is 24.5 Å². The maximum atomic E-state index is 6.14. The first-order chi connectivity index (χ1) is 11.3. The molecule has 4 aliphatic heterocycles. The number of ether oxygens (including phenoxy) is 1. The van der Waals surface area contributed by atoms with E-state index in [0.717, 1.165) is 18.4 Å². The lowest BCUT2D eigenvalue weighted by Crippen LogP contribution is -2.58. The third-order valence-electron chi connectivity index (χ3n) is 6.64. The average Bonchev–Trinajstić information content (AvgIpc) is 2.63. The molecule has 0 aliphatic carbocycles. The maximum Gasteiger partial charge on any atom is 0.0796 e. The molecule has 0 saturated carbocycles. The van der Waals surface area contributed by atoms with Crippen LogP contribution in [0.3, 0.4) is 0 Å². The first-order valence-electron chi connectivity index (χ1n) is 9.41. The first-order valence-corrected chi connectivity index (χ1v) is 9.41. The third-order valence-corrected chi connectivity index (χ3v) is 6.64. The van der Waals surface area contributed by atoms with E-state index in [-0.39, 0.29) is 0 Å². The van der Waals surface area contributed by atoms with Gasteiger partial charge >= 0.3 is 0 Å². The summed E-state index contributed by atoms with van der Waals surface area (Å²) in [7, 11) is 1.93. The highest BCUT2D eigenvalue weighted by atomic mass is 16.5. The summed E-state index contributed by atoms with van der Waals surface area (Å²) in [5.41, 5.74) is 2.77. The van der Waals surface area contributed by atoms with Crippen LogP contribution < -0.4 is 5.32 Å². The van der Waals surface area contributed by atoms with Crippen molar-refractivity contribution in [1.82, 2.24) is 4.90 Å². The predicted octanol–water partition coefficient (Wildman–Crippen LogP) is 3.72. The lowest BCUT2D eigenvalue weighted by Gasteiger charge is -2.53. The average molecular weight is 314 g/mol. The molecule has 2 unspecified atom stereocenters. The highest BCUT2D eigenvalue weighted by molar-refractivity contribution is 5.55. The normalized spacial score (nSPS) is 37.0. The van der Waals surface area contributed by atoms with Crippen LogP contribution in [0.4, 0.5) is 5.69 Å². The molecule has 1 aromatic rings. The minimum atomic E-state index is 0.332. The van der Waals surface area contributed by atoms with Gasteiger partial charge in [-0.05, 0) is 49.3 Å². The van der Waals surface area contributed by atoms with Crippen LogP contribution in [0.25, 0.3) is 0 Å². The summed E-state index contributed by atoms with van der Waals surface area (Å²) in [4.78, 5) is 2.74. The summed E-state index contributed by atoms with van der Waals surface area (Å²) in [6.45, 7) is 5.99. The smallest absolute Gasteiger partial charge is 0.0796 e. The molecule has 5 rings (SSSR count). The molecule has 3 saturated heterocycles. The molecule has 1 N–H and O–H groups in total. The standard InChI is InChI=1S/C20H30N2O/c1-3-14-13-22-11-9-15(14)12-19(22)20(23-2)17-8-10-21-18-7-5-4-6-16(17)18/h4-7,14-15,17,19-21H,3,8-13H2,1-2H3/t14-,15-,17?,19+,20+/m0/s1. The minimum Gasteiger partial charge on any atom is -0.385 e. The minimum absolute atomic E-state index is 0.332. The van der Waals surface area contributed by atoms with Crippen LogP contribution in [0.5, 0.6) is 0 Å². The number of rotatable bonds is 4. The van der Waals surface area contributed by atoms with Crippen molar-refractivity contribution in [3.63, 3.8) is 0 Å². The van der Waals surface area contributed by atoms with E-state index in [4.69, 9.17) is 4.74 Å². The quantitative estimate of drug-likeness (QED) is 0.916. The van der Waals surface area contributed by atoms with E-state index in [2.05, 4.69) is 41.4 Å². The molecule has 0 amide bonds. The number of fused-ring (bicyclic) bond motifs is 4. The largest absolute Gasteiger partial charge is 0.385 e. The highest BCUT2D eigenvalue weighted by Gasteiger charge is 2.45. The van der Waals surface area contributed by atoms with Gasteiger partial charge in [0, 0.05) is 37.8 Å². The van der Waals surface area contributed by atoms with Gasteiger partial charge in [-0.2, -0.15) is 0 Å². The Morgan fingerprint density at radius 1 is 1.30 bits per heavy atom. The molecule has 1 aromatic carbocycles. The lowest BCUT2D eigenvalue weighted by molar-refractivity contribution is -0.0780. The Bertz CT molecular complexity index is 546. The first kappa shape index (κ1) is 15.5. The number of nitrogens with zero attached hydrogens (tertiary/aromatic N) is 1. The fourth-order valence-electron chi connectivity index (χ4n) is 5.41. The molecule has 126 valence electrons. The number of nitrogens with one attached hydrogen (secondary N) is 1. The van der Waals surface area contributed by atoms with Crippen molar-refractivity contribution >= 4 is 5.69 Å². The fourth-order valence-corrected chi connectivity index (χ4v) is 5.41. The van der Waals surface area contributed by atoms with E-state index >= 15 is 0 Å². The molecule has 4 aliphatic rings. The summed E-state index contributed by atoms with van der Waals surface area (Å²) >= 11 is 0. The van der Waals surface area contributed by atoms with Crippen LogP contribution in [0, 0.1) is 11.8 Å². The van der Waals surface area contributed by atoms with Crippen LogP contribution in [0.2, 0.25) is 0 Å². The van der Waals surface area contributed by atoms with Gasteiger partial charge in [0.05, 0.1) is 6.10 Å². The van der Waals surface area contributed by atoms with Crippen molar-refractivity contribution in [3.05, 3.63) is 29.8 Å². The zero-order valence-corrected chi connectivity index (χ0v) is 14.5. The third kappa shape index (κ3) is 2.68. The molecule has 3 heteroatoms.